The Bertz CT molecular complexity index is 725. The number of hydrogen-bond acceptors (Lipinski definition) is 6. The van der Waals surface area contributed by atoms with Crippen molar-refractivity contribution in [3.8, 4) is 0 Å². The highest BCUT2D eigenvalue weighted by Crippen LogP contribution is 2.32. The zero-order valence-corrected chi connectivity index (χ0v) is 17.4. The summed E-state index contributed by atoms with van der Waals surface area (Å²) in [5.41, 5.74) is 3.08. The van der Waals surface area contributed by atoms with Gasteiger partial charge in [0, 0.05) is 19.8 Å². The lowest BCUT2D eigenvalue weighted by Crippen LogP contribution is -2.61. The number of likely N-dealkylation sites (N-methyl/N-ethyl adjacent to an activating group) is 1. The van der Waals surface area contributed by atoms with Gasteiger partial charge in [-0.3, -0.25) is 29.5 Å². The van der Waals surface area contributed by atoms with E-state index >= 15 is 0 Å². The Labute approximate surface area is 177 Å². The molecule has 3 rings (SSSR count). The fraction of sp³-hybridized carbons (Fsp3) is 0.619. The molecule has 1 saturated carbocycles. The predicted molar refractivity (Wildman–Crippen MR) is 110 cm³/mol. The van der Waals surface area contributed by atoms with Crippen molar-refractivity contribution in [3.63, 3.8) is 0 Å². The second-order valence-corrected chi connectivity index (χ2v) is 8.17. The zero-order valence-electron chi connectivity index (χ0n) is 17.4. The number of carbonyl (C=O) groups is 3. The molecule has 0 bridgehead atoms. The summed E-state index contributed by atoms with van der Waals surface area (Å²) in [7, 11) is 1.65. The molecular weight excluding hydrogens is 386 g/mol. The Balaban J connectivity index is 1.76. The van der Waals surface area contributed by atoms with Crippen molar-refractivity contribution >= 4 is 24.0 Å². The van der Waals surface area contributed by atoms with Gasteiger partial charge in [0.25, 0.3) is 5.91 Å². The maximum atomic E-state index is 13.4. The monoisotopic (exact) mass is 417 g/mol. The van der Waals surface area contributed by atoms with Crippen LogP contribution in [0.4, 0.5) is 5.82 Å². The van der Waals surface area contributed by atoms with Gasteiger partial charge in [-0.1, -0.05) is 31.7 Å². The first kappa shape index (κ1) is 22.2. The van der Waals surface area contributed by atoms with E-state index in [0.717, 1.165) is 32.1 Å². The third-order valence-electron chi connectivity index (χ3n) is 6.07. The molecule has 1 saturated heterocycles. The quantitative estimate of drug-likeness (QED) is 0.378. The first-order valence-electron chi connectivity index (χ1n) is 10.7. The molecule has 0 spiro atoms. The summed E-state index contributed by atoms with van der Waals surface area (Å²) < 4.78 is 0. The third kappa shape index (κ3) is 5.34. The number of carbonyl (C=O) groups excluding carboxylic acids is 3. The van der Waals surface area contributed by atoms with Gasteiger partial charge in [0.05, 0.1) is 12.5 Å². The number of anilines is 1. The molecular formula is C21H31N5O4. The number of hydrogen-bond donors (Lipinski definition) is 2. The second-order valence-electron chi connectivity index (χ2n) is 8.17. The zero-order chi connectivity index (χ0) is 21.5. The number of nitrogens with one attached hydrogen (secondary N) is 1. The van der Waals surface area contributed by atoms with E-state index in [0.29, 0.717) is 42.6 Å². The van der Waals surface area contributed by atoms with Crippen molar-refractivity contribution in [2.75, 3.05) is 25.0 Å². The first-order valence-corrected chi connectivity index (χ1v) is 10.7. The molecule has 9 nitrogen and oxygen atoms in total. The smallest absolute Gasteiger partial charge is 0.252 e. The van der Waals surface area contributed by atoms with Gasteiger partial charge in [-0.2, -0.15) is 0 Å². The Kier molecular flexibility index (Phi) is 7.75. The highest BCUT2D eigenvalue weighted by molar-refractivity contribution is 5.98. The number of hydroxylamine groups is 2. The molecule has 164 valence electrons. The lowest BCUT2D eigenvalue weighted by molar-refractivity contribution is -0.161. The van der Waals surface area contributed by atoms with Gasteiger partial charge in [0.1, 0.15) is 11.9 Å². The SMILES string of the molecule is CN(C(=O)[C@@H]1CCCNN1C(=O)[C@H](CC1CCCC1)CN(O)C=O)c1ccccn1. The van der Waals surface area contributed by atoms with Crippen LogP contribution in [-0.2, 0) is 14.4 Å². The normalized spacial score (nSPS) is 20.6. The van der Waals surface area contributed by atoms with Crippen molar-refractivity contribution in [1.82, 2.24) is 20.5 Å². The lowest BCUT2D eigenvalue weighted by Gasteiger charge is -2.39. The minimum absolute atomic E-state index is 0.0754. The molecule has 30 heavy (non-hydrogen) atoms. The number of hydrazine groups is 1. The van der Waals surface area contributed by atoms with E-state index in [1.54, 1.807) is 31.4 Å². The Morgan fingerprint density at radius 1 is 1.30 bits per heavy atom. The molecule has 0 aromatic carbocycles. The molecule has 0 radical (unpaired) electrons. The van der Waals surface area contributed by atoms with Crippen molar-refractivity contribution in [1.29, 1.82) is 0 Å². The molecule has 3 amide bonds. The van der Waals surface area contributed by atoms with Gasteiger partial charge >= 0.3 is 0 Å². The van der Waals surface area contributed by atoms with E-state index in [9.17, 15) is 19.6 Å². The predicted octanol–water partition coefficient (Wildman–Crippen LogP) is 1.58. The summed E-state index contributed by atoms with van der Waals surface area (Å²) >= 11 is 0. The number of rotatable bonds is 8. The van der Waals surface area contributed by atoms with E-state index in [1.807, 2.05) is 0 Å². The number of amides is 3. The van der Waals surface area contributed by atoms with Crippen LogP contribution in [0.2, 0.25) is 0 Å². The van der Waals surface area contributed by atoms with E-state index in [-0.39, 0.29) is 18.4 Å². The molecule has 1 aromatic heterocycles. The highest BCUT2D eigenvalue weighted by atomic mass is 16.5. The average Bonchev–Trinajstić information content (AvgIpc) is 3.30. The Morgan fingerprint density at radius 2 is 2.07 bits per heavy atom. The van der Waals surface area contributed by atoms with Crippen LogP contribution >= 0.6 is 0 Å². The molecule has 2 N–H and O–H groups in total. The molecule has 9 heteroatoms. The van der Waals surface area contributed by atoms with Crippen molar-refractivity contribution in [3.05, 3.63) is 24.4 Å². The fourth-order valence-electron chi connectivity index (χ4n) is 4.46. The van der Waals surface area contributed by atoms with Crippen LogP contribution in [0, 0.1) is 11.8 Å². The van der Waals surface area contributed by atoms with Crippen LogP contribution in [0.1, 0.15) is 44.9 Å². The van der Waals surface area contributed by atoms with E-state index in [2.05, 4.69) is 10.4 Å². The van der Waals surface area contributed by atoms with Gasteiger partial charge in [0.15, 0.2) is 0 Å². The summed E-state index contributed by atoms with van der Waals surface area (Å²) in [6, 6.07) is 4.67. The molecule has 1 aliphatic heterocycles. The largest absolute Gasteiger partial charge is 0.298 e. The maximum Gasteiger partial charge on any atom is 0.252 e. The molecule has 2 fully saturated rings. The average molecular weight is 418 g/mol. The summed E-state index contributed by atoms with van der Waals surface area (Å²) in [5.74, 6) is -0.121. The maximum absolute atomic E-state index is 13.4. The van der Waals surface area contributed by atoms with Crippen LogP contribution < -0.4 is 10.3 Å². The molecule has 0 unspecified atom stereocenters. The molecule has 2 atom stereocenters. The topological polar surface area (TPSA) is 106 Å². The minimum atomic E-state index is -0.660. The van der Waals surface area contributed by atoms with E-state index in [4.69, 9.17) is 0 Å². The molecule has 2 heterocycles. The van der Waals surface area contributed by atoms with Crippen molar-refractivity contribution < 1.29 is 19.6 Å². The molecule has 1 aliphatic carbocycles. The third-order valence-corrected chi connectivity index (χ3v) is 6.07. The van der Waals surface area contributed by atoms with Crippen LogP contribution in [0.15, 0.2) is 24.4 Å². The number of aromatic nitrogens is 1. The van der Waals surface area contributed by atoms with Gasteiger partial charge in [-0.15, -0.1) is 0 Å². The summed E-state index contributed by atoms with van der Waals surface area (Å²) in [4.78, 5) is 43.3. The standard InChI is InChI=1S/C21H31N5O4/c1-24(19-10-4-5-11-22-19)21(29)18-9-6-12-23-26(18)20(28)17(14-25(30)15-27)13-16-7-2-3-8-16/h4-5,10-11,15-18,23,30H,2-3,6-9,12-14H2,1H3/t17-,18+/m1/s1. The van der Waals surface area contributed by atoms with Crippen LogP contribution in [0.5, 0.6) is 0 Å². The summed E-state index contributed by atoms with van der Waals surface area (Å²) in [5, 5.41) is 11.7. The number of nitrogens with zero attached hydrogens (tertiary/aromatic N) is 4. The molecule has 2 aliphatic rings. The van der Waals surface area contributed by atoms with Gasteiger partial charge < -0.3 is 0 Å². The Hall–Kier alpha value is -2.52. The Morgan fingerprint density at radius 3 is 2.73 bits per heavy atom. The molecule has 1 aromatic rings. The number of pyridine rings is 1. The first-order chi connectivity index (χ1) is 14.5. The lowest BCUT2D eigenvalue weighted by atomic mass is 9.91. The van der Waals surface area contributed by atoms with Crippen molar-refractivity contribution in [2.45, 2.75) is 51.0 Å². The van der Waals surface area contributed by atoms with Crippen LogP contribution in [-0.4, -0.2) is 64.7 Å². The van der Waals surface area contributed by atoms with E-state index < -0.39 is 12.0 Å². The fourth-order valence-corrected chi connectivity index (χ4v) is 4.46. The minimum Gasteiger partial charge on any atom is -0.298 e. The van der Waals surface area contributed by atoms with Crippen LogP contribution in [0.3, 0.4) is 0 Å². The van der Waals surface area contributed by atoms with Crippen LogP contribution in [0.25, 0.3) is 0 Å². The van der Waals surface area contributed by atoms with Gasteiger partial charge in [-0.05, 0) is 37.3 Å². The van der Waals surface area contributed by atoms with Gasteiger partial charge in [-0.25, -0.2) is 15.5 Å². The second kappa shape index (κ2) is 10.5. The summed E-state index contributed by atoms with van der Waals surface area (Å²) in [6.07, 6.45) is 8.22. The van der Waals surface area contributed by atoms with Crippen molar-refractivity contribution in [2.24, 2.45) is 11.8 Å². The van der Waals surface area contributed by atoms with E-state index in [1.165, 1.54) is 9.91 Å². The van der Waals surface area contributed by atoms with Gasteiger partial charge in [0.2, 0.25) is 12.3 Å². The summed E-state index contributed by atoms with van der Waals surface area (Å²) in [6.45, 7) is 0.517. The highest BCUT2D eigenvalue weighted by Gasteiger charge is 2.38.